The predicted molar refractivity (Wildman–Crippen MR) is 236 cm³/mol. The monoisotopic (exact) mass is 790 g/mol. The molecule has 11 heteroatoms. The number of ketones is 1. The van der Waals surface area contributed by atoms with Gasteiger partial charge in [-0.05, 0) is 83.9 Å². The molecule has 0 bridgehead atoms. The molecule has 0 spiro atoms. The molecule has 0 saturated heterocycles. The van der Waals surface area contributed by atoms with E-state index in [2.05, 4.69) is 32.7 Å². The van der Waals surface area contributed by atoms with Crippen molar-refractivity contribution in [3.05, 3.63) is 193 Å². The van der Waals surface area contributed by atoms with E-state index in [1.807, 2.05) is 155 Å². The number of benzene rings is 4. The van der Waals surface area contributed by atoms with Crippen molar-refractivity contribution < 1.29 is 14.3 Å². The second-order valence-electron chi connectivity index (χ2n) is 14.8. The molecular weight excluding hydrogens is 749 g/mol. The molecule has 0 aliphatic heterocycles. The number of carbonyl (C=O) groups is 1. The minimum Gasteiger partial charge on any atom is -0.495 e. The Kier molecular flexibility index (Phi) is 9.45. The molecule has 4 atom stereocenters. The van der Waals surface area contributed by atoms with Crippen molar-refractivity contribution in [2.75, 3.05) is 24.9 Å². The molecule has 296 valence electrons. The Labute approximate surface area is 345 Å². The molecule has 60 heavy (non-hydrogen) atoms. The summed E-state index contributed by atoms with van der Waals surface area (Å²) in [4.78, 5) is 24.0. The van der Waals surface area contributed by atoms with Gasteiger partial charge in [0.25, 0.3) is 0 Å². The lowest BCUT2D eigenvalue weighted by Gasteiger charge is -2.35. The van der Waals surface area contributed by atoms with Gasteiger partial charge in [0.2, 0.25) is 0 Å². The summed E-state index contributed by atoms with van der Waals surface area (Å²) >= 11 is 0. The Morgan fingerprint density at radius 3 is 1.43 bits per heavy atom. The van der Waals surface area contributed by atoms with Gasteiger partial charge in [-0.3, -0.25) is 4.79 Å². The number of hydrogen-bond donors (Lipinski definition) is 4. The summed E-state index contributed by atoms with van der Waals surface area (Å²) < 4.78 is 15.7. The summed E-state index contributed by atoms with van der Waals surface area (Å²) in [6, 6.07) is 46.6. The van der Waals surface area contributed by atoms with E-state index in [4.69, 9.17) is 19.7 Å². The lowest BCUT2D eigenvalue weighted by Crippen LogP contribution is -2.36. The summed E-state index contributed by atoms with van der Waals surface area (Å²) in [5.74, 6) is -0.390. The van der Waals surface area contributed by atoms with Crippen LogP contribution in [0.25, 0.3) is 32.8 Å². The van der Waals surface area contributed by atoms with Crippen LogP contribution in [0.15, 0.2) is 170 Å². The molecule has 0 fully saturated rings. The highest BCUT2D eigenvalue weighted by Crippen LogP contribution is 2.48. The largest absolute Gasteiger partial charge is 0.495 e. The SMILES string of the molecule is COc1ccccc1NC(c1cccc2ccnn12)C(C(=O)C(c1c[nH]c2ccccc12)C(Nc1ccccc1OC)c1cccc2ccnn12)c1c[nH]c2ccccc12. The number of anilines is 2. The number of aromatic amines is 2. The normalized spacial score (nSPS) is 13.6. The van der Waals surface area contributed by atoms with Crippen LogP contribution >= 0.6 is 0 Å². The van der Waals surface area contributed by atoms with Crippen LogP contribution in [-0.2, 0) is 4.79 Å². The molecule has 4 N–H and O–H groups in total. The van der Waals surface area contributed by atoms with Crippen LogP contribution in [0.2, 0.25) is 0 Å². The van der Waals surface area contributed by atoms with Crippen molar-refractivity contribution in [1.82, 2.24) is 29.2 Å². The third kappa shape index (κ3) is 6.37. The number of fused-ring (bicyclic) bond motifs is 4. The summed E-state index contributed by atoms with van der Waals surface area (Å²) in [5.41, 5.74) is 8.40. The smallest absolute Gasteiger partial charge is 0.152 e. The predicted octanol–water partition coefficient (Wildman–Crippen LogP) is 10.1. The molecule has 11 nitrogen and oxygen atoms in total. The van der Waals surface area contributed by atoms with Crippen LogP contribution in [0.4, 0.5) is 11.4 Å². The number of pyridine rings is 2. The highest BCUT2D eigenvalue weighted by molar-refractivity contribution is 6.01. The van der Waals surface area contributed by atoms with Gasteiger partial charge in [-0.15, -0.1) is 0 Å². The van der Waals surface area contributed by atoms with Crippen molar-refractivity contribution >= 4 is 50.0 Å². The molecule has 6 heterocycles. The highest BCUT2D eigenvalue weighted by atomic mass is 16.5. The molecule has 10 rings (SSSR count). The third-order valence-electron chi connectivity index (χ3n) is 11.6. The summed E-state index contributed by atoms with van der Waals surface area (Å²) in [6.07, 6.45) is 7.54. The topological polar surface area (TPSA) is 126 Å². The zero-order valence-electron chi connectivity index (χ0n) is 33.0. The maximum Gasteiger partial charge on any atom is 0.152 e. The first-order valence-corrected chi connectivity index (χ1v) is 19.9. The highest BCUT2D eigenvalue weighted by Gasteiger charge is 2.44. The fraction of sp³-hybridized carbons (Fsp3) is 0.122. The quantitative estimate of drug-likeness (QED) is 0.0864. The minimum absolute atomic E-state index is 0.0439. The van der Waals surface area contributed by atoms with Gasteiger partial charge in [0, 0.05) is 46.6 Å². The second kappa shape index (κ2) is 15.5. The number of para-hydroxylation sites is 6. The molecule has 4 unspecified atom stereocenters. The molecule has 0 aliphatic carbocycles. The standard InChI is InChI=1S/C49H42N8O3/c1-59-43-23-9-7-19-39(43)54-47(41-21-11-13-31-25-27-52-56(31)41)45(35-29-50-37-17-5-3-15-33(35)37)49(58)46(36-30-51-38-18-6-4-16-34(36)38)48(55-40-20-8-10-24-44(40)60-2)42-22-12-14-32-26-28-53-57(32)42/h3-30,45-48,50-51,54-55H,1-2H3. The maximum atomic E-state index is 17.0. The number of carbonyl (C=O) groups excluding carboxylic acids is 1. The van der Waals surface area contributed by atoms with E-state index < -0.39 is 23.9 Å². The molecule has 0 amide bonds. The van der Waals surface area contributed by atoms with Crippen LogP contribution < -0.4 is 20.1 Å². The van der Waals surface area contributed by atoms with E-state index in [9.17, 15) is 0 Å². The number of ether oxygens (including phenoxy) is 2. The maximum absolute atomic E-state index is 17.0. The van der Waals surface area contributed by atoms with E-state index in [-0.39, 0.29) is 5.78 Å². The van der Waals surface area contributed by atoms with Crippen molar-refractivity contribution in [3.8, 4) is 11.5 Å². The fourth-order valence-corrected chi connectivity index (χ4v) is 8.82. The average Bonchev–Trinajstić information content (AvgIpc) is 4.13. The first-order chi connectivity index (χ1) is 29.6. The number of nitrogens with zero attached hydrogens (tertiary/aromatic N) is 4. The second-order valence-corrected chi connectivity index (χ2v) is 14.8. The van der Waals surface area contributed by atoms with Gasteiger partial charge >= 0.3 is 0 Å². The summed E-state index contributed by atoms with van der Waals surface area (Å²) in [5, 5.41) is 19.2. The number of nitrogens with one attached hydrogen (secondary N) is 4. The molecule has 4 aromatic carbocycles. The van der Waals surface area contributed by atoms with Crippen LogP contribution in [0.1, 0.15) is 46.4 Å². The fourth-order valence-electron chi connectivity index (χ4n) is 8.82. The van der Waals surface area contributed by atoms with Crippen molar-refractivity contribution in [2.24, 2.45) is 0 Å². The Bertz CT molecular complexity index is 2910. The molecular formula is C49H42N8O3. The molecule has 0 saturated carbocycles. The van der Waals surface area contributed by atoms with Gasteiger partial charge in [0.1, 0.15) is 11.5 Å². The Hall–Kier alpha value is -7.79. The van der Waals surface area contributed by atoms with Gasteiger partial charge in [0.05, 0.1) is 71.9 Å². The lowest BCUT2D eigenvalue weighted by molar-refractivity contribution is -0.122. The zero-order valence-corrected chi connectivity index (χ0v) is 33.0. The van der Waals surface area contributed by atoms with E-state index in [1.54, 1.807) is 26.6 Å². The summed E-state index contributed by atoms with van der Waals surface area (Å²) in [6.45, 7) is 0. The Balaban J connectivity index is 1.27. The van der Waals surface area contributed by atoms with Crippen LogP contribution in [0.5, 0.6) is 11.5 Å². The first kappa shape index (κ1) is 36.5. The van der Waals surface area contributed by atoms with Gasteiger partial charge in [-0.2, -0.15) is 10.2 Å². The number of rotatable bonds is 14. The van der Waals surface area contributed by atoms with E-state index in [0.29, 0.717) is 11.5 Å². The number of aromatic nitrogens is 6. The van der Waals surface area contributed by atoms with E-state index in [1.165, 1.54) is 0 Å². The molecule has 6 aromatic heterocycles. The number of hydrogen-bond acceptors (Lipinski definition) is 7. The molecule has 0 aliphatic rings. The van der Waals surface area contributed by atoms with Gasteiger partial charge in [-0.25, -0.2) is 9.03 Å². The molecule has 10 aromatic rings. The third-order valence-corrected chi connectivity index (χ3v) is 11.6. The summed E-state index contributed by atoms with van der Waals surface area (Å²) in [7, 11) is 3.31. The lowest BCUT2D eigenvalue weighted by atomic mass is 9.74. The minimum atomic E-state index is -0.821. The van der Waals surface area contributed by atoms with Crippen molar-refractivity contribution in [3.63, 3.8) is 0 Å². The van der Waals surface area contributed by atoms with Gasteiger partial charge < -0.3 is 30.1 Å². The first-order valence-electron chi connectivity index (χ1n) is 19.9. The van der Waals surface area contributed by atoms with Gasteiger partial charge in [0.15, 0.2) is 5.78 Å². The number of Topliss-reactive ketones (excluding diaryl/α,β-unsaturated/α-hetero) is 1. The number of methoxy groups -OCH3 is 2. The van der Waals surface area contributed by atoms with Crippen molar-refractivity contribution in [2.45, 2.75) is 23.9 Å². The average molecular weight is 791 g/mol. The van der Waals surface area contributed by atoms with Crippen molar-refractivity contribution in [1.29, 1.82) is 0 Å². The van der Waals surface area contributed by atoms with Crippen LogP contribution in [0.3, 0.4) is 0 Å². The van der Waals surface area contributed by atoms with Crippen LogP contribution in [-0.4, -0.2) is 49.2 Å². The molecule has 0 radical (unpaired) electrons. The zero-order chi connectivity index (χ0) is 40.6. The van der Waals surface area contributed by atoms with Crippen LogP contribution in [0, 0.1) is 0 Å². The Morgan fingerprint density at radius 1 is 0.533 bits per heavy atom. The number of H-pyrrole nitrogens is 2. The van der Waals surface area contributed by atoms with Gasteiger partial charge in [-0.1, -0.05) is 72.8 Å². The van der Waals surface area contributed by atoms with E-state index >= 15 is 4.79 Å². The Morgan fingerprint density at radius 2 is 0.967 bits per heavy atom. The van der Waals surface area contributed by atoms with E-state index in [0.717, 1.165) is 66.7 Å².